The maximum atomic E-state index is 15.0. The van der Waals surface area contributed by atoms with Gasteiger partial charge >= 0.3 is 24.2 Å². The van der Waals surface area contributed by atoms with Crippen LogP contribution in [0.3, 0.4) is 0 Å². The lowest BCUT2D eigenvalue weighted by Gasteiger charge is -2.31. The van der Waals surface area contributed by atoms with Crippen LogP contribution in [0.5, 0.6) is 0 Å². The summed E-state index contributed by atoms with van der Waals surface area (Å²) in [5, 5.41) is 3.58. The van der Waals surface area contributed by atoms with Gasteiger partial charge in [0.25, 0.3) is 11.8 Å². The van der Waals surface area contributed by atoms with E-state index in [1.807, 2.05) is 5.32 Å². The highest BCUT2D eigenvalue weighted by atomic mass is 127. The normalized spacial score (nSPS) is 12.7. The van der Waals surface area contributed by atoms with Crippen molar-refractivity contribution in [1.82, 2.24) is 0 Å². The molecule has 0 spiro atoms. The molecule has 0 aliphatic heterocycles. The van der Waals surface area contributed by atoms with E-state index in [9.17, 15) is 57.9 Å². The van der Waals surface area contributed by atoms with Gasteiger partial charge in [-0.2, -0.15) is 39.5 Å². The summed E-state index contributed by atoms with van der Waals surface area (Å²) in [6, 6.07) is 5.79. The molecule has 0 fully saturated rings. The number of carbonyl (C=O) groups is 2. The van der Waals surface area contributed by atoms with Gasteiger partial charge in [0.2, 0.25) is 0 Å². The second-order valence-corrected chi connectivity index (χ2v) is 9.28. The zero-order valence-electron chi connectivity index (χ0n) is 19.4. The van der Waals surface area contributed by atoms with Crippen molar-refractivity contribution >= 4 is 45.8 Å². The summed E-state index contributed by atoms with van der Waals surface area (Å²) in [4.78, 5) is 25.0. The Morgan fingerprint density at radius 2 is 1.29 bits per heavy atom. The third-order valence-corrected chi connectivity index (χ3v) is 6.24. The van der Waals surface area contributed by atoms with Gasteiger partial charge in [-0.05, 0) is 65.1 Å². The molecule has 41 heavy (non-hydrogen) atoms. The van der Waals surface area contributed by atoms with Gasteiger partial charge in [-0.15, -0.1) is 0 Å². The maximum absolute atomic E-state index is 15.0. The molecule has 0 unspecified atom stereocenters. The van der Waals surface area contributed by atoms with Crippen LogP contribution in [0.1, 0.15) is 31.8 Å². The predicted molar refractivity (Wildman–Crippen MR) is 128 cm³/mol. The molecule has 0 saturated carbocycles. The molecule has 17 heteroatoms. The summed E-state index contributed by atoms with van der Waals surface area (Å²) in [7, 11) is 0. The van der Waals surface area contributed by atoms with Crippen molar-refractivity contribution in [3.63, 3.8) is 0 Å². The van der Waals surface area contributed by atoms with E-state index in [-0.39, 0.29) is 11.6 Å². The Labute approximate surface area is 234 Å². The second kappa shape index (κ2) is 11.1. The molecule has 0 heterocycles. The Morgan fingerprint density at radius 3 is 1.83 bits per heavy atom. The van der Waals surface area contributed by atoms with Crippen LogP contribution < -0.4 is 10.6 Å². The first kappa shape index (κ1) is 32.0. The standard InChI is InChI=1S/C24H11F12IN2O2/c25-12-4-1-3-10(7-12)19(40)38-16-6-2-5-13(17(16)26)20(41)39-18-14(22(28,29)30)8-11(9-15(18)37)21(27,23(31,32)33)24(34,35)36/h1-9H,(H,38,40)(H,39,41). The van der Waals surface area contributed by atoms with E-state index in [0.29, 0.717) is 0 Å². The van der Waals surface area contributed by atoms with Crippen molar-refractivity contribution in [2.45, 2.75) is 24.2 Å². The quantitative estimate of drug-likeness (QED) is 0.206. The lowest BCUT2D eigenvalue weighted by molar-refractivity contribution is -0.348. The van der Waals surface area contributed by atoms with Gasteiger partial charge in [-0.1, -0.05) is 12.1 Å². The average Bonchev–Trinajstić information content (AvgIpc) is 2.83. The van der Waals surface area contributed by atoms with Crippen LogP contribution >= 0.6 is 22.6 Å². The lowest BCUT2D eigenvalue weighted by atomic mass is 9.92. The zero-order valence-corrected chi connectivity index (χ0v) is 21.6. The maximum Gasteiger partial charge on any atom is 0.435 e. The molecule has 0 aliphatic carbocycles. The van der Waals surface area contributed by atoms with E-state index < -0.39 is 85.3 Å². The fraction of sp³-hybridized carbons (Fsp3) is 0.167. The number of anilines is 2. The first-order valence-corrected chi connectivity index (χ1v) is 11.7. The Morgan fingerprint density at radius 1 is 0.707 bits per heavy atom. The van der Waals surface area contributed by atoms with Crippen LogP contribution in [0, 0.1) is 15.2 Å². The predicted octanol–water partition coefficient (Wildman–Crippen LogP) is 8.38. The molecule has 3 aromatic carbocycles. The van der Waals surface area contributed by atoms with E-state index >= 15 is 4.39 Å². The van der Waals surface area contributed by atoms with E-state index in [4.69, 9.17) is 0 Å². The van der Waals surface area contributed by atoms with Gasteiger partial charge in [0, 0.05) is 14.7 Å². The molecule has 0 aromatic heterocycles. The molecule has 4 nitrogen and oxygen atoms in total. The zero-order chi connectivity index (χ0) is 31.1. The first-order chi connectivity index (χ1) is 18.7. The molecule has 0 saturated heterocycles. The molecular formula is C24H11F12IN2O2. The Balaban J connectivity index is 2.04. The van der Waals surface area contributed by atoms with Crippen LogP contribution in [-0.2, 0) is 11.8 Å². The number of hydrogen-bond acceptors (Lipinski definition) is 2. The summed E-state index contributed by atoms with van der Waals surface area (Å²) in [6.45, 7) is 0. The Bertz CT molecular complexity index is 1490. The Kier molecular flexibility index (Phi) is 8.63. The van der Waals surface area contributed by atoms with Crippen molar-refractivity contribution in [2.24, 2.45) is 0 Å². The smallest absolute Gasteiger partial charge is 0.320 e. The van der Waals surface area contributed by atoms with Gasteiger partial charge in [-0.25, -0.2) is 13.2 Å². The third-order valence-electron chi connectivity index (χ3n) is 5.39. The number of halogens is 13. The minimum atomic E-state index is -6.72. The molecule has 2 N–H and O–H groups in total. The molecule has 3 aromatic rings. The first-order valence-electron chi connectivity index (χ1n) is 10.6. The molecule has 220 valence electrons. The van der Waals surface area contributed by atoms with Crippen LogP contribution in [0.25, 0.3) is 0 Å². The van der Waals surface area contributed by atoms with E-state index in [1.54, 1.807) is 5.32 Å². The highest BCUT2D eigenvalue weighted by Crippen LogP contribution is 2.54. The Hall–Kier alpha value is -3.51. The van der Waals surface area contributed by atoms with Crippen LogP contribution in [-0.4, -0.2) is 24.2 Å². The molecule has 0 bridgehead atoms. The fourth-order valence-electron chi connectivity index (χ4n) is 3.45. The number of nitrogens with one attached hydrogen (secondary N) is 2. The van der Waals surface area contributed by atoms with E-state index in [2.05, 4.69) is 0 Å². The monoisotopic (exact) mass is 714 g/mol. The van der Waals surface area contributed by atoms with Crippen molar-refractivity contribution in [3.05, 3.63) is 92.1 Å². The molecule has 0 aliphatic rings. The topological polar surface area (TPSA) is 58.2 Å². The minimum absolute atomic E-state index is 0.196. The molecular weight excluding hydrogens is 703 g/mol. The fourth-order valence-corrected chi connectivity index (χ4v) is 4.21. The summed E-state index contributed by atoms with van der Waals surface area (Å²) >= 11 is 0.844. The minimum Gasteiger partial charge on any atom is -0.320 e. The molecule has 0 radical (unpaired) electrons. The van der Waals surface area contributed by atoms with Gasteiger partial charge < -0.3 is 10.6 Å². The van der Waals surface area contributed by atoms with Gasteiger partial charge in [-0.3, -0.25) is 9.59 Å². The summed E-state index contributed by atoms with van der Waals surface area (Å²) in [5.41, 5.74) is -14.3. The van der Waals surface area contributed by atoms with Crippen LogP contribution in [0.4, 0.5) is 64.1 Å². The van der Waals surface area contributed by atoms with Crippen molar-refractivity contribution in [1.29, 1.82) is 0 Å². The van der Waals surface area contributed by atoms with E-state index in [1.165, 1.54) is 0 Å². The number of hydrogen-bond donors (Lipinski definition) is 2. The van der Waals surface area contributed by atoms with Gasteiger partial charge in [0.15, 0.2) is 5.82 Å². The highest BCUT2D eigenvalue weighted by molar-refractivity contribution is 14.1. The number of carbonyl (C=O) groups excluding carboxylic acids is 2. The number of amides is 2. The van der Waals surface area contributed by atoms with Crippen molar-refractivity contribution in [2.75, 3.05) is 10.6 Å². The van der Waals surface area contributed by atoms with Gasteiger partial charge in [0.05, 0.1) is 22.5 Å². The highest BCUT2D eigenvalue weighted by Gasteiger charge is 2.73. The molecule has 3 rings (SSSR count). The lowest BCUT2D eigenvalue weighted by Crippen LogP contribution is -2.50. The van der Waals surface area contributed by atoms with E-state index in [0.717, 1.165) is 65.1 Å². The van der Waals surface area contributed by atoms with Gasteiger partial charge in [0.1, 0.15) is 5.82 Å². The largest absolute Gasteiger partial charge is 0.435 e. The van der Waals surface area contributed by atoms with Crippen LogP contribution in [0.15, 0.2) is 54.6 Å². The number of rotatable bonds is 5. The molecule has 0 atom stereocenters. The average molecular weight is 714 g/mol. The second-order valence-electron chi connectivity index (χ2n) is 8.12. The van der Waals surface area contributed by atoms with Crippen molar-refractivity contribution < 1.29 is 62.3 Å². The van der Waals surface area contributed by atoms with Crippen LogP contribution in [0.2, 0.25) is 0 Å². The summed E-state index contributed by atoms with van der Waals surface area (Å²) in [6.07, 6.45) is -19.2. The van der Waals surface area contributed by atoms with Crippen molar-refractivity contribution in [3.8, 4) is 0 Å². The SMILES string of the molecule is O=C(Nc1cccc(C(=O)Nc2c(I)cc(C(F)(C(F)(F)F)C(F)(F)F)cc2C(F)(F)F)c1F)c1cccc(F)c1. The number of alkyl halides is 10. The number of benzene rings is 3. The summed E-state index contributed by atoms with van der Waals surface area (Å²) < 4.78 is 162. The summed E-state index contributed by atoms with van der Waals surface area (Å²) in [5.74, 6) is -5.04. The third kappa shape index (κ3) is 6.38. The molecule has 2 amide bonds.